The van der Waals surface area contributed by atoms with Crippen molar-refractivity contribution in [3.8, 4) is 0 Å². The first-order valence-corrected chi connectivity index (χ1v) is 5.30. The molecule has 0 unspecified atom stereocenters. The summed E-state index contributed by atoms with van der Waals surface area (Å²) in [5, 5.41) is 3.85. The van der Waals surface area contributed by atoms with Gasteiger partial charge in [-0.3, -0.25) is 0 Å². The van der Waals surface area contributed by atoms with Gasteiger partial charge in [-0.25, -0.2) is 0 Å². The summed E-state index contributed by atoms with van der Waals surface area (Å²) in [5.41, 5.74) is 5.92. The summed E-state index contributed by atoms with van der Waals surface area (Å²) < 4.78 is 4.74. The number of hydrogen-bond acceptors (Lipinski definition) is 4. The Morgan fingerprint density at radius 3 is 2.79 bits per heavy atom. The van der Waals surface area contributed by atoms with Crippen molar-refractivity contribution in [1.29, 1.82) is 0 Å². The summed E-state index contributed by atoms with van der Waals surface area (Å²) in [6.07, 6.45) is 6.93. The smallest absolute Gasteiger partial charge is 0.213 e. The van der Waals surface area contributed by atoms with E-state index in [4.69, 9.17) is 10.3 Å². The van der Waals surface area contributed by atoms with E-state index in [1.165, 1.54) is 25.7 Å². The first-order chi connectivity index (χ1) is 6.74. The quantitative estimate of drug-likeness (QED) is 0.781. The number of nitrogens with zero attached hydrogens (tertiary/aromatic N) is 2. The van der Waals surface area contributed by atoms with Crippen LogP contribution in [0.25, 0.3) is 0 Å². The van der Waals surface area contributed by atoms with Crippen LogP contribution in [0.15, 0.2) is 10.9 Å². The lowest BCUT2D eigenvalue weighted by molar-refractivity contribution is 0.216. The lowest BCUT2D eigenvalue weighted by Crippen LogP contribution is -2.41. The van der Waals surface area contributed by atoms with Crippen LogP contribution in [0.3, 0.4) is 0 Å². The Hall–Kier alpha value is -0.900. The largest absolute Gasteiger partial charge is 0.343 e. The highest BCUT2D eigenvalue weighted by Crippen LogP contribution is 2.36. The fraction of sp³-hybridized carbons (Fsp3) is 0.800. The molecular weight excluding hydrogens is 178 g/mol. The van der Waals surface area contributed by atoms with Crippen molar-refractivity contribution in [2.45, 2.75) is 44.6 Å². The topological polar surface area (TPSA) is 64.9 Å². The van der Waals surface area contributed by atoms with Crippen LogP contribution >= 0.6 is 0 Å². The fourth-order valence-corrected chi connectivity index (χ4v) is 2.21. The first-order valence-electron chi connectivity index (χ1n) is 5.30. The van der Waals surface area contributed by atoms with Gasteiger partial charge in [-0.2, -0.15) is 4.98 Å². The Labute approximate surface area is 83.9 Å². The summed E-state index contributed by atoms with van der Waals surface area (Å²) in [7, 11) is 0. The molecule has 0 bridgehead atoms. The summed E-state index contributed by atoms with van der Waals surface area (Å²) in [6, 6.07) is 0. The van der Waals surface area contributed by atoms with Crippen LogP contribution < -0.4 is 5.73 Å². The molecule has 78 valence electrons. The predicted molar refractivity (Wildman–Crippen MR) is 52.4 cm³/mol. The van der Waals surface area contributed by atoms with Gasteiger partial charge in [0.25, 0.3) is 0 Å². The van der Waals surface area contributed by atoms with E-state index in [9.17, 15) is 0 Å². The van der Waals surface area contributed by atoms with Crippen molar-refractivity contribution in [3.63, 3.8) is 0 Å². The Balaban J connectivity index is 2.06. The average Bonchev–Trinajstić information content (AvgIpc) is 2.72. The van der Waals surface area contributed by atoms with Gasteiger partial charge in [0.2, 0.25) is 6.39 Å². The molecule has 0 aromatic carbocycles. The molecule has 1 fully saturated rings. The fourth-order valence-electron chi connectivity index (χ4n) is 2.21. The van der Waals surface area contributed by atoms with E-state index >= 15 is 0 Å². The molecule has 0 radical (unpaired) electrons. The van der Waals surface area contributed by atoms with Crippen LogP contribution in [0.5, 0.6) is 0 Å². The monoisotopic (exact) mass is 195 g/mol. The second-order valence-electron chi connectivity index (χ2n) is 4.26. The Morgan fingerprint density at radius 2 is 2.29 bits per heavy atom. The first kappa shape index (κ1) is 9.65. The molecule has 0 spiro atoms. The van der Waals surface area contributed by atoms with Crippen molar-refractivity contribution >= 4 is 0 Å². The number of aromatic nitrogens is 2. The van der Waals surface area contributed by atoms with E-state index in [-0.39, 0.29) is 5.54 Å². The summed E-state index contributed by atoms with van der Waals surface area (Å²) in [5.74, 6) is 1.51. The highest BCUT2D eigenvalue weighted by molar-refractivity contribution is 5.03. The molecule has 4 nitrogen and oxygen atoms in total. The van der Waals surface area contributed by atoms with E-state index < -0.39 is 0 Å². The van der Waals surface area contributed by atoms with Gasteiger partial charge in [0.1, 0.15) is 0 Å². The molecule has 0 saturated heterocycles. The SMILES string of the molecule is CCC1CCC(N)(c2ncon2)CC1. The van der Waals surface area contributed by atoms with Gasteiger partial charge in [-0.1, -0.05) is 18.5 Å². The van der Waals surface area contributed by atoms with Crippen molar-refractivity contribution < 1.29 is 4.52 Å². The lowest BCUT2D eigenvalue weighted by atomic mass is 9.76. The summed E-state index contributed by atoms with van der Waals surface area (Å²) >= 11 is 0. The van der Waals surface area contributed by atoms with E-state index in [1.54, 1.807) is 0 Å². The summed E-state index contributed by atoms with van der Waals surface area (Å²) in [4.78, 5) is 4.06. The normalized spacial score (nSPS) is 33.1. The average molecular weight is 195 g/mol. The van der Waals surface area contributed by atoms with Crippen LogP contribution in [0.1, 0.15) is 44.9 Å². The zero-order chi connectivity index (χ0) is 10.0. The van der Waals surface area contributed by atoms with Crippen molar-refractivity contribution in [2.75, 3.05) is 0 Å². The van der Waals surface area contributed by atoms with Crippen molar-refractivity contribution in [2.24, 2.45) is 11.7 Å². The molecule has 1 heterocycles. The van der Waals surface area contributed by atoms with Crippen molar-refractivity contribution in [1.82, 2.24) is 10.1 Å². The van der Waals surface area contributed by atoms with Gasteiger partial charge < -0.3 is 10.3 Å². The minimum atomic E-state index is -0.335. The molecule has 1 aliphatic carbocycles. The minimum Gasteiger partial charge on any atom is -0.343 e. The lowest BCUT2D eigenvalue weighted by Gasteiger charge is -2.34. The van der Waals surface area contributed by atoms with Gasteiger partial charge in [-0.05, 0) is 31.6 Å². The van der Waals surface area contributed by atoms with E-state index in [0.717, 1.165) is 18.8 Å². The highest BCUT2D eigenvalue weighted by Gasteiger charge is 2.35. The van der Waals surface area contributed by atoms with Crippen LogP contribution in [0.4, 0.5) is 0 Å². The van der Waals surface area contributed by atoms with E-state index in [0.29, 0.717) is 5.82 Å². The third-order valence-corrected chi connectivity index (χ3v) is 3.38. The van der Waals surface area contributed by atoms with E-state index in [1.807, 2.05) is 0 Å². The van der Waals surface area contributed by atoms with Gasteiger partial charge in [0, 0.05) is 0 Å². The molecule has 2 N–H and O–H groups in total. The number of rotatable bonds is 2. The van der Waals surface area contributed by atoms with Gasteiger partial charge in [0.05, 0.1) is 5.54 Å². The van der Waals surface area contributed by atoms with E-state index in [2.05, 4.69) is 17.1 Å². The van der Waals surface area contributed by atoms with Crippen LogP contribution in [0, 0.1) is 5.92 Å². The molecule has 1 aromatic rings. The van der Waals surface area contributed by atoms with Crippen LogP contribution in [0.2, 0.25) is 0 Å². The zero-order valence-electron chi connectivity index (χ0n) is 8.57. The molecule has 14 heavy (non-hydrogen) atoms. The molecule has 2 rings (SSSR count). The van der Waals surface area contributed by atoms with Crippen molar-refractivity contribution in [3.05, 3.63) is 12.2 Å². The Bertz CT molecular complexity index is 276. The van der Waals surface area contributed by atoms with Gasteiger partial charge in [-0.15, -0.1) is 0 Å². The molecule has 4 heteroatoms. The third-order valence-electron chi connectivity index (χ3n) is 3.38. The zero-order valence-corrected chi connectivity index (χ0v) is 8.57. The highest BCUT2D eigenvalue weighted by atomic mass is 16.5. The minimum absolute atomic E-state index is 0.335. The van der Waals surface area contributed by atoms with Crippen LogP contribution in [-0.2, 0) is 5.54 Å². The maximum atomic E-state index is 6.26. The standard InChI is InChI=1S/C10H17N3O/c1-2-8-3-5-10(11,6-4-8)9-12-7-14-13-9/h7-8H,2-6,11H2,1H3. The van der Waals surface area contributed by atoms with Gasteiger partial charge >= 0.3 is 0 Å². The summed E-state index contributed by atoms with van der Waals surface area (Å²) in [6.45, 7) is 2.24. The Kier molecular flexibility index (Phi) is 2.54. The third kappa shape index (κ3) is 1.66. The maximum Gasteiger partial charge on any atom is 0.213 e. The second kappa shape index (κ2) is 3.69. The molecule has 1 saturated carbocycles. The molecule has 0 amide bonds. The predicted octanol–water partition coefficient (Wildman–Crippen LogP) is 1.82. The molecular formula is C10H17N3O. The number of nitrogens with two attached hydrogens (primary N) is 1. The molecule has 1 aliphatic rings. The number of hydrogen-bond donors (Lipinski definition) is 1. The van der Waals surface area contributed by atoms with Gasteiger partial charge in [0.15, 0.2) is 5.82 Å². The van der Waals surface area contributed by atoms with Crippen LogP contribution in [-0.4, -0.2) is 10.1 Å². The maximum absolute atomic E-state index is 6.26. The Morgan fingerprint density at radius 1 is 1.57 bits per heavy atom. The molecule has 1 aromatic heterocycles. The molecule has 0 aliphatic heterocycles. The second-order valence-corrected chi connectivity index (χ2v) is 4.26. The molecule has 0 atom stereocenters.